The van der Waals surface area contributed by atoms with Crippen molar-refractivity contribution >= 4 is 39.8 Å². The SMILES string of the molecule is CCCCC(=O)NCCCNc1ncc(C(=O)c2ccccc2Cl)s1. The molecule has 1 aromatic heterocycles. The van der Waals surface area contributed by atoms with E-state index in [4.69, 9.17) is 11.6 Å². The molecule has 0 spiro atoms. The fourth-order valence-corrected chi connectivity index (χ4v) is 3.19. The molecule has 0 bridgehead atoms. The normalized spacial score (nSPS) is 10.5. The minimum atomic E-state index is -0.126. The van der Waals surface area contributed by atoms with E-state index in [0.29, 0.717) is 40.1 Å². The van der Waals surface area contributed by atoms with Crippen molar-refractivity contribution in [3.8, 4) is 0 Å². The van der Waals surface area contributed by atoms with Crippen molar-refractivity contribution < 1.29 is 9.59 Å². The number of aromatic nitrogens is 1. The summed E-state index contributed by atoms with van der Waals surface area (Å²) < 4.78 is 0. The smallest absolute Gasteiger partial charge is 0.219 e. The zero-order valence-corrected chi connectivity index (χ0v) is 15.8. The molecule has 0 saturated heterocycles. The zero-order valence-electron chi connectivity index (χ0n) is 14.2. The predicted molar refractivity (Wildman–Crippen MR) is 103 cm³/mol. The second kappa shape index (κ2) is 10.2. The Morgan fingerprint density at radius 3 is 2.76 bits per heavy atom. The molecule has 0 aliphatic rings. The minimum Gasteiger partial charge on any atom is -0.361 e. The Morgan fingerprint density at radius 2 is 2.00 bits per heavy atom. The van der Waals surface area contributed by atoms with E-state index in [0.717, 1.165) is 19.3 Å². The lowest BCUT2D eigenvalue weighted by molar-refractivity contribution is -0.121. The van der Waals surface area contributed by atoms with Gasteiger partial charge in [-0.1, -0.05) is 48.4 Å². The topological polar surface area (TPSA) is 71.1 Å². The van der Waals surface area contributed by atoms with E-state index < -0.39 is 0 Å². The third-order valence-corrected chi connectivity index (χ3v) is 4.84. The van der Waals surface area contributed by atoms with Crippen LogP contribution in [0.4, 0.5) is 5.13 Å². The van der Waals surface area contributed by atoms with Crippen LogP contribution in [0.1, 0.15) is 47.8 Å². The Morgan fingerprint density at radius 1 is 1.20 bits per heavy atom. The Labute approximate surface area is 156 Å². The van der Waals surface area contributed by atoms with E-state index in [9.17, 15) is 9.59 Å². The molecule has 2 rings (SSSR count). The van der Waals surface area contributed by atoms with Crippen LogP contribution in [0.15, 0.2) is 30.5 Å². The maximum absolute atomic E-state index is 12.4. The molecule has 2 aromatic rings. The Kier molecular flexibility index (Phi) is 7.88. The highest BCUT2D eigenvalue weighted by atomic mass is 35.5. The van der Waals surface area contributed by atoms with Gasteiger partial charge in [0, 0.05) is 25.1 Å². The fraction of sp³-hybridized carbons (Fsp3) is 0.389. The quantitative estimate of drug-likeness (QED) is 0.480. The number of thiazole rings is 1. The van der Waals surface area contributed by atoms with Gasteiger partial charge in [-0.2, -0.15) is 0 Å². The van der Waals surface area contributed by atoms with Gasteiger partial charge in [-0.3, -0.25) is 9.59 Å². The molecule has 5 nitrogen and oxygen atoms in total. The van der Waals surface area contributed by atoms with Gasteiger partial charge >= 0.3 is 0 Å². The van der Waals surface area contributed by atoms with Crippen LogP contribution in [0.3, 0.4) is 0 Å². The van der Waals surface area contributed by atoms with Gasteiger partial charge in [-0.15, -0.1) is 0 Å². The zero-order chi connectivity index (χ0) is 18.1. The van der Waals surface area contributed by atoms with Crippen LogP contribution in [-0.2, 0) is 4.79 Å². The van der Waals surface area contributed by atoms with Gasteiger partial charge in [-0.05, 0) is 25.0 Å². The van der Waals surface area contributed by atoms with E-state index in [-0.39, 0.29) is 11.7 Å². The molecule has 2 N–H and O–H groups in total. The number of nitrogens with one attached hydrogen (secondary N) is 2. The summed E-state index contributed by atoms with van der Waals surface area (Å²) in [5.74, 6) is -0.0249. The van der Waals surface area contributed by atoms with Crippen LogP contribution >= 0.6 is 22.9 Å². The van der Waals surface area contributed by atoms with Gasteiger partial charge in [0.15, 0.2) is 5.13 Å². The predicted octanol–water partition coefficient (Wildman–Crippen LogP) is 4.14. The summed E-state index contributed by atoms with van der Waals surface area (Å²) in [5, 5.41) is 7.19. The molecule has 0 aliphatic heterocycles. The number of benzene rings is 1. The average molecular weight is 380 g/mol. The van der Waals surface area contributed by atoms with Crippen molar-refractivity contribution in [2.75, 3.05) is 18.4 Å². The summed E-state index contributed by atoms with van der Waals surface area (Å²) >= 11 is 7.37. The third kappa shape index (κ3) is 6.14. The number of halogens is 1. The molecule has 0 saturated carbocycles. The number of rotatable bonds is 10. The van der Waals surface area contributed by atoms with Gasteiger partial charge in [0.25, 0.3) is 0 Å². The summed E-state index contributed by atoms with van der Waals surface area (Å²) in [5.41, 5.74) is 0.481. The standard InChI is InChI=1S/C18H22ClN3O2S/c1-2-3-9-16(23)20-10-6-11-21-18-22-12-15(25-18)17(24)13-7-4-5-8-14(13)19/h4-5,7-8,12H,2-3,6,9-11H2,1H3,(H,20,23)(H,21,22). The Hall–Kier alpha value is -1.92. The molecule has 25 heavy (non-hydrogen) atoms. The van der Waals surface area contributed by atoms with Crippen molar-refractivity contribution in [3.63, 3.8) is 0 Å². The highest BCUT2D eigenvalue weighted by molar-refractivity contribution is 7.17. The lowest BCUT2D eigenvalue weighted by Gasteiger charge is -2.05. The summed E-state index contributed by atoms with van der Waals surface area (Å²) in [6.45, 7) is 3.38. The van der Waals surface area contributed by atoms with Crippen molar-refractivity contribution in [1.82, 2.24) is 10.3 Å². The first-order chi connectivity index (χ1) is 12.1. The van der Waals surface area contributed by atoms with Gasteiger partial charge in [-0.25, -0.2) is 4.98 Å². The minimum absolute atomic E-state index is 0.101. The van der Waals surface area contributed by atoms with Gasteiger partial charge in [0.05, 0.1) is 16.1 Å². The summed E-state index contributed by atoms with van der Waals surface area (Å²) in [6, 6.07) is 6.98. The lowest BCUT2D eigenvalue weighted by Crippen LogP contribution is -2.25. The number of amides is 1. The molecule has 1 heterocycles. The van der Waals surface area contributed by atoms with Crippen molar-refractivity contribution in [3.05, 3.63) is 45.9 Å². The maximum atomic E-state index is 12.4. The number of nitrogens with zero attached hydrogens (tertiary/aromatic N) is 1. The first-order valence-corrected chi connectivity index (χ1v) is 9.57. The number of anilines is 1. The lowest BCUT2D eigenvalue weighted by atomic mass is 10.1. The first-order valence-electron chi connectivity index (χ1n) is 8.37. The Balaban J connectivity index is 1.75. The summed E-state index contributed by atoms with van der Waals surface area (Å²) in [7, 11) is 0. The van der Waals surface area contributed by atoms with Gasteiger partial charge < -0.3 is 10.6 Å². The molecule has 134 valence electrons. The molecule has 0 fully saturated rings. The summed E-state index contributed by atoms with van der Waals surface area (Å²) in [6.07, 6.45) is 4.89. The second-order valence-electron chi connectivity index (χ2n) is 5.57. The third-order valence-electron chi connectivity index (χ3n) is 3.56. The van der Waals surface area contributed by atoms with E-state index in [1.54, 1.807) is 30.5 Å². The monoisotopic (exact) mass is 379 g/mol. The van der Waals surface area contributed by atoms with Crippen LogP contribution in [0.2, 0.25) is 5.02 Å². The van der Waals surface area contributed by atoms with Crippen LogP contribution in [0.5, 0.6) is 0 Å². The maximum Gasteiger partial charge on any atom is 0.219 e. The highest BCUT2D eigenvalue weighted by Gasteiger charge is 2.15. The number of carbonyl (C=O) groups is 2. The molecular weight excluding hydrogens is 358 g/mol. The van der Waals surface area contributed by atoms with E-state index in [1.165, 1.54) is 11.3 Å². The van der Waals surface area contributed by atoms with Gasteiger partial charge in [0.1, 0.15) is 0 Å². The van der Waals surface area contributed by atoms with E-state index in [1.807, 2.05) is 0 Å². The van der Waals surface area contributed by atoms with E-state index >= 15 is 0 Å². The van der Waals surface area contributed by atoms with Crippen molar-refractivity contribution in [2.45, 2.75) is 32.6 Å². The van der Waals surface area contributed by atoms with Crippen LogP contribution in [0.25, 0.3) is 0 Å². The number of carbonyl (C=O) groups excluding carboxylic acids is 2. The molecule has 7 heteroatoms. The average Bonchev–Trinajstić information content (AvgIpc) is 3.08. The fourth-order valence-electron chi connectivity index (χ4n) is 2.18. The number of hydrogen-bond donors (Lipinski definition) is 2. The number of hydrogen-bond acceptors (Lipinski definition) is 5. The highest BCUT2D eigenvalue weighted by Crippen LogP contribution is 2.24. The summed E-state index contributed by atoms with van der Waals surface area (Å²) in [4.78, 5) is 28.7. The van der Waals surface area contributed by atoms with Crippen molar-refractivity contribution in [1.29, 1.82) is 0 Å². The van der Waals surface area contributed by atoms with Crippen LogP contribution < -0.4 is 10.6 Å². The molecule has 0 atom stereocenters. The van der Waals surface area contributed by atoms with Gasteiger partial charge in [0.2, 0.25) is 11.7 Å². The van der Waals surface area contributed by atoms with Crippen molar-refractivity contribution in [2.24, 2.45) is 0 Å². The molecule has 1 aromatic carbocycles. The molecule has 1 amide bonds. The second-order valence-corrected chi connectivity index (χ2v) is 7.01. The number of unbranched alkanes of at least 4 members (excludes halogenated alkanes) is 1. The van der Waals surface area contributed by atoms with Crippen LogP contribution in [-0.4, -0.2) is 29.8 Å². The molecule has 0 unspecified atom stereocenters. The Bertz CT molecular complexity index is 718. The molecular formula is C18H22ClN3O2S. The van der Waals surface area contributed by atoms with E-state index in [2.05, 4.69) is 22.5 Å². The van der Waals surface area contributed by atoms with Crippen LogP contribution in [0, 0.1) is 0 Å². The first kappa shape index (κ1) is 19.4. The molecule has 0 aliphatic carbocycles. The molecule has 0 radical (unpaired) electrons. The number of ketones is 1. The largest absolute Gasteiger partial charge is 0.361 e.